The molecule has 0 aliphatic carbocycles. The monoisotopic (exact) mass is 222 g/mol. The third-order valence-corrected chi connectivity index (χ3v) is 2.72. The minimum Gasteiger partial charge on any atom is -0.495 e. The van der Waals surface area contributed by atoms with Gasteiger partial charge in [-0.15, -0.1) is 0 Å². The van der Waals surface area contributed by atoms with Crippen LogP contribution in [0.25, 0.3) is 0 Å². The van der Waals surface area contributed by atoms with Crippen molar-refractivity contribution in [2.45, 2.75) is 0 Å². The lowest BCUT2D eigenvalue weighted by molar-refractivity contribution is 0.387. The molecule has 0 aliphatic heterocycles. The van der Waals surface area contributed by atoms with Crippen LogP contribution in [0.1, 0.15) is 0 Å². The molecule has 13 heavy (non-hydrogen) atoms. The normalized spacial score (nSPS) is 11.4. The molecule has 6 heteroatoms. The van der Waals surface area contributed by atoms with E-state index in [2.05, 4.69) is 0 Å². The highest BCUT2D eigenvalue weighted by Gasteiger charge is 2.18. The van der Waals surface area contributed by atoms with Crippen LogP contribution in [-0.2, 0) is 4.57 Å². The van der Waals surface area contributed by atoms with Crippen LogP contribution in [0.15, 0.2) is 18.2 Å². The summed E-state index contributed by atoms with van der Waals surface area (Å²) in [5, 5.41) is 0.0709. The predicted octanol–water partition coefficient (Wildman–Crippen LogP) is 1.15. The van der Waals surface area contributed by atoms with Crippen LogP contribution in [0.2, 0.25) is 5.02 Å². The topological polar surface area (TPSA) is 66.8 Å². The van der Waals surface area contributed by atoms with E-state index in [4.69, 9.17) is 26.1 Å². The van der Waals surface area contributed by atoms with Crippen molar-refractivity contribution in [1.29, 1.82) is 0 Å². The van der Waals surface area contributed by atoms with E-state index in [0.29, 0.717) is 5.75 Å². The van der Waals surface area contributed by atoms with E-state index in [-0.39, 0.29) is 10.3 Å². The first-order valence-corrected chi connectivity index (χ1v) is 5.34. The summed E-state index contributed by atoms with van der Waals surface area (Å²) < 4.78 is 15.6. The lowest BCUT2D eigenvalue weighted by atomic mass is 10.3. The molecule has 0 fully saturated rings. The summed E-state index contributed by atoms with van der Waals surface area (Å²) in [6, 6.07) is 3.89. The molecule has 0 heterocycles. The molecule has 0 aliphatic rings. The molecule has 1 rings (SSSR count). The third kappa shape index (κ3) is 2.45. The Labute approximate surface area is 80.3 Å². The van der Waals surface area contributed by atoms with Gasteiger partial charge in [-0.1, -0.05) is 11.6 Å². The number of ether oxygens (including phenoxy) is 1. The van der Waals surface area contributed by atoms with Crippen LogP contribution in [0.3, 0.4) is 0 Å². The van der Waals surface area contributed by atoms with Crippen molar-refractivity contribution >= 4 is 24.5 Å². The molecule has 0 bridgehead atoms. The quantitative estimate of drug-likeness (QED) is 0.737. The second-order valence-corrected chi connectivity index (χ2v) is 4.37. The number of hydrogen-bond donors (Lipinski definition) is 2. The number of rotatable bonds is 2. The van der Waals surface area contributed by atoms with Crippen molar-refractivity contribution in [3.63, 3.8) is 0 Å². The summed E-state index contributed by atoms with van der Waals surface area (Å²) in [6.45, 7) is 0. The van der Waals surface area contributed by atoms with E-state index < -0.39 is 7.60 Å². The average Bonchev–Trinajstić information content (AvgIpc) is 2.02. The lowest BCUT2D eigenvalue weighted by Gasteiger charge is -2.06. The van der Waals surface area contributed by atoms with Crippen molar-refractivity contribution in [3.05, 3.63) is 23.2 Å². The van der Waals surface area contributed by atoms with Gasteiger partial charge in [0.1, 0.15) is 5.75 Å². The molecule has 1 aromatic carbocycles. The molecular formula is C7H8ClO4P. The highest BCUT2D eigenvalue weighted by Crippen LogP contribution is 2.35. The van der Waals surface area contributed by atoms with E-state index in [1.165, 1.54) is 25.3 Å². The Hall–Kier alpha value is -0.540. The SMILES string of the molecule is COc1ccc(P(=O)(O)O)cc1Cl. The van der Waals surface area contributed by atoms with E-state index in [1.54, 1.807) is 0 Å². The molecule has 0 saturated carbocycles. The minimum absolute atomic E-state index is 0.113. The molecule has 0 aromatic heterocycles. The zero-order valence-electron chi connectivity index (χ0n) is 6.77. The van der Waals surface area contributed by atoms with Crippen LogP contribution in [0, 0.1) is 0 Å². The van der Waals surface area contributed by atoms with Crippen LogP contribution in [-0.4, -0.2) is 16.9 Å². The summed E-state index contributed by atoms with van der Waals surface area (Å²) in [5.41, 5.74) is 0. The van der Waals surface area contributed by atoms with Gasteiger partial charge in [0.05, 0.1) is 17.4 Å². The first kappa shape index (κ1) is 10.5. The van der Waals surface area contributed by atoms with Gasteiger partial charge < -0.3 is 14.5 Å². The molecule has 2 N–H and O–H groups in total. The highest BCUT2D eigenvalue weighted by atomic mass is 35.5. The molecule has 72 valence electrons. The third-order valence-electron chi connectivity index (χ3n) is 1.47. The number of hydrogen-bond acceptors (Lipinski definition) is 2. The Morgan fingerprint density at radius 1 is 1.46 bits per heavy atom. The molecule has 0 amide bonds. The first-order valence-electron chi connectivity index (χ1n) is 3.35. The van der Waals surface area contributed by atoms with E-state index in [0.717, 1.165) is 0 Å². The maximum atomic E-state index is 10.8. The van der Waals surface area contributed by atoms with Gasteiger partial charge in [-0.05, 0) is 18.2 Å². The van der Waals surface area contributed by atoms with E-state index in [9.17, 15) is 4.57 Å². The second-order valence-electron chi connectivity index (χ2n) is 2.36. The van der Waals surface area contributed by atoms with Crippen molar-refractivity contribution in [1.82, 2.24) is 0 Å². The van der Waals surface area contributed by atoms with Gasteiger partial charge in [-0.2, -0.15) is 0 Å². The Morgan fingerprint density at radius 2 is 2.08 bits per heavy atom. The van der Waals surface area contributed by atoms with Gasteiger partial charge in [0.25, 0.3) is 0 Å². The smallest absolute Gasteiger partial charge is 0.356 e. The minimum atomic E-state index is -4.22. The Morgan fingerprint density at radius 3 is 2.46 bits per heavy atom. The second kappa shape index (κ2) is 3.68. The molecule has 0 spiro atoms. The van der Waals surface area contributed by atoms with Gasteiger partial charge in [-0.3, -0.25) is 4.57 Å². The molecule has 0 atom stereocenters. The Balaban J connectivity index is 3.18. The average molecular weight is 223 g/mol. The van der Waals surface area contributed by atoms with Crippen LogP contribution >= 0.6 is 19.2 Å². The largest absolute Gasteiger partial charge is 0.495 e. The van der Waals surface area contributed by atoms with Gasteiger partial charge in [-0.25, -0.2) is 0 Å². The summed E-state index contributed by atoms with van der Waals surface area (Å²) >= 11 is 5.67. The van der Waals surface area contributed by atoms with Gasteiger partial charge >= 0.3 is 7.60 Å². The van der Waals surface area contributed by atoms with Crippen molar-refractivity contribution in [2.24, 2.45) is 0 Å². The summed E-state index contributed by atoms with van der Waals surface area (Å²) in [6.07, 6.45) is 0. The fourth-order valence-electron chi connectivity index (χ4n) is 0.836. The van der Waals surface area contributed by atoms with Crippen molar-refractivity contribution in [3.8, 4) is 5.75 Å². The molecular weight excluding hydrogens is 214 g/mol. The molecule has 4 nitrogen and oxygen atoms in total. The predicted molar refractivity (Wildman–Crippen MR) is 49.7 cm³/mol. The zero-order valence-corrected chi connectivity index (χ0v) is 8.42. The fourth-order valence-corrected chi connectivity index (χ4v) is 1.74. The van der Waals surface area contributed by atoms with Gasteiger partial charge in [0.2, 0.25) is 0 Å². The van der Waals surface area contributed by atoms with Crippen molar-refractivity contribution < 1.29 is 19.1 Å². The molecule has 1 aromatic rings. The standard InChI is InChI=1S/C7H8ClO4P/c1-12-7-3-2-5(4-6(7)8)13(9,10)11/h2-4H,1H3,(H2,9,10,11). The fraction of sp³-hybridized carbons (Fsp3) is 0.143. The number of halogens is 1. The van der Waals surface area contributed by atoms with Crippen LogP contribution in [0.5, 0.6) is 5.75 Å². The lowest BCUT2D eigenvalue weighted by Crippen LogP contribution is -2.03. The Bertz CT molecular complexity index is 360. The summed E-state index contributed by atoms with van der Waals surface area (Å²) in [7, 11) is -2.79. The first-order chi connectivity index (χ1) is 5.95. The highest BCUT2D eigenvalue weighted by molar-refractivity contribution is 7.60. The Kier molecular flexibility index (Phi) is 2.98. The zero-order chi connectivity index (χ0) is 10.1. The van der Waals surface area contributed by atoms with Crippen molar-refractivity contribution in [2.75, 3.05) is 7.11 Å². The summed E-state index contributed by atoms with van der Waals surface area (Å²) in [4.78, 5) is 17.6. The van der Waals surface area contributed by atoms with Crippen LogP contribution in [0.4, 0.5) is 0 Å². The molecule has 0 radical (unpaired) electrons. The van der Waals surface area contributed by atoms with E-state index >= 15 is 0 Å². The van der Waals surface area contributed by atoms with Gasteiger partial charge in [0, 0.05) is 0 Å². The van der Waals surface area contributed by atoms with Crippen LogP contribution < -0.4 is 10.0 Å². The number of benzene rings is 1. The molecule has 0 saturated heterocycles. The maximum absolute atomic E-state index is 10.8. The van der Waals surface area contributed by atoms with Gasteiger partial charge in [0.15, 0.2) is 0 Å². The number of methoxy groups -OCH3 is 1. The maximum Gasteiger partial charge on any atom is 0.356 e. The van der Waals surface area contributed by atoms with E-state index in [1.807, 2.05) is 0 Å². The molecule has 0 unspecified atom stereocenters. The summed E-state index contributed by atoms with van der Waals surface area (Å²) in [5.74, 6) is 0.388.